The van der Waals surface area contributed by atoms with Gasteiger partial charge in [-0.2, -0.15) is 0 Å². The van der Waals surface area contributed by atoms with Gasteiger partial charge in [0.25, 0.3) is 0 Å². The molecular weight excluding hydrogens is 331 g/mol. The molecule has 0 saturated carbocycles. The standard InChI is InChI=1S/C14H13BrClFN2/c1-8-2-4-10(17)7-11(8)14(19-18)12-6-9(16)3-5-13(12)15/h2-7,14,19H,18H2,1H3. The normalized spacial score (nSPS) is 12.5. The molecule has 2 rings (SSSR count). The lowest BCUT2D eigenvalue weighted by Gasteiger charge is -2.20. The molecule has 0 fully saturated rings. The maximum atomic E-state index is 13.4. The lowest BCUT2D eigenvalue weighted by atomic mass is 9.95. The number of aryl methyl sites for hydroxylation is 1. The van der Waals surface area contributed by atoms with Gasteiger partial charge < -0.3 is 0 Å². The number of rotatable bonds is 3. The van der Waals surface area contributed by atoms with Crippen molar-refractivity contribution in [3.05, 3.63) is 68.4 Å². The molecule has 2 aromatic carbocycles. The van der Waals surface area contributed by atoms with Crippen molar-refractivity contribution in [1.29, 1.82) is 0 Å². The lowest BCUT2D eigenvalue weighted by Crippen LogP contribution is -2.29. The Balaban J connectivity index is 2.55. The molecule has 0 bridgehead atoms. The van der Waals surface area contributed by atoms with Gasteiger partial charge in [0.05, 0.1) is 6.04 Å². The molecule has 2 nitrogen and oxygen atoms in total. The van der Waals surface area contributed by atoms with Crippen LogP contribution in [0.3, 0.4) is 0 Å². The number of hydrogen-bond donors (Lipinski definition) is 2. The zero-order valence-corrected chi connectivity index (χ0v) is 12.6. The summed E-state index contributed by atoms with van der Waals surface area (Å²) in [5.41, 5.74) is 5.32. The third-order valence-corrected chi connectivity index (χ3v) is 3.95. The van der Waals surface area contributed by atoms with Crippen LogP contribution in [0.15, 0.2) is 40.9 Å². The molecule has 0 heterocycles. The van der Waals surface area contributed by atoms with Gasteiger partial charge in [0.2, 0.25) is 0 Å². The first-order valence-electron chi connectivity index (χ1n) is 5.70. The van der Waals surface area contributed by atoms with Gasteiger partial charge in [-0.25, -0.2) is 9.82 Å². The van der Waals surface area contributed by atoms with Crippen molar-refractivity contribution in [3.8, 4) is 0 Å². The van der Waals surface area contributed by atoms with E-state index in [0.29, 0.717) is 5.02 Å². The largest absolute Gasteiger partial charge is 0.271 e. The second-order valence-corrected chi connectivity index (χ2v) is 5.56. The Labute approximate surface area is 124 Å². The molecule has 3 N–H and O–H groups in total. The van der Waals surface area contributed by atoms with Gasteiger partial charge in [0, 0.05) is 9.50 Å². The fourth-order valence-electron chi connectivity index (χ4n) is 2.01. The van der Waals surface area contributed by atoms with E-state index in [-0.39, 0.29) is 11.9 Å². The van der Waals surface area contributed by atoms with E-state index in [1.165, 1.54) is 12.1 Å². The minimum Gasteiger partial charge on any atom is -0.271 e. The second kappa shape index (κ2) is 6.01. The van der Waals surface area contributed by atoms with Gasteiger partial charge in [0.1, 0.15) is 5.82 Å². The van der Waals surface area contributed by atoms with Gasteiger partial charge in [-0.05, 0) is 53.9 Å². The molecular formula is C14H13BrClFN2. The van der Waals surface area contributed by atoms with Crippen molar-refractivity contribution >= 4 is 27.5 Å². The number of nitrogens with two attached hydrogens (primary N) is 1. The minimum atomic E-state index is -0.330. The van der Waals surface area contributed by atoms with Crippen LogP contribution in [0, 0.1) is 12.7 Å². The fourth-order valence-corrected chi connectivity index (χ4v) is 2.66. The first kappa shape index (κ1) is 14.5. The number of hydrazine groups is 1. The zero-order chi connectivity index (χ0) is 14.0. The molecule has 0 aliphatic rings. The highest BCUT2D eigenvalue weighted by atomic mass is 79.9. The van der Waals surface area contributed by atoms with Crippen molar-refractivity contribution in [1.82, 2.24) is 5.43 Å². The summed E-state index contributed by atoms with van der Waals surface area (Å²) in [5, 5.41) is 0.604. The average Bonchev–Trinajstić information content (AvgIpc) is 2.38. The van der Waals surface area contributed by atoms with Crippen LogP contribution in [0.1, 0.15) is 22.7 Å². The monoisotopic (exact) mass is 342 g/mol. The fraction of sp³-hybridized carbons (Fsp3) is 0.143. The van der Waals surface area contributed by atoms with Gasteiger partial charge in [0.15, 0.2) is 0 Å². The molecule has 100 valence electrons. The third kappa shape index (κ3) is 3.15. The molecule has 0 saturated heterocycles. The topological polar surface area (TPSA) is 38.0 Å². The number of hydrogen-bond acceptors (Lipinski definition) is 2. The molecule has 0 spiro atoms. The molecule has 2 aromatic rings. The Morgan fingerprint density at radius 1 is 1.21 bits per heavy atom. The lowest BCUT2D eigenvalue weighted by molar-refractivity contribution is 0.602. The van der Waals surface area contributed by atoms with Crippen LogP contribution in [0.4, 0.5) is 4.39 Å². The highest BCUT2D eigenvalue weighted by molar-refractivity contribution is 9.10. The van der Waals surface area contributed by atoms with Crippen molar-refractivity contribution in [2.24, 2.45) is 5.84 Å². The Bertz CT molecular complexity index is 552. The van der Waals surface area contributed by atoms with Gasteiger partial charge in [-0.3, -0.25) is 5.84 Å². The summed E-state index contributed by atoms with van der Waals surface area (Å²) in [6.45, 7) is 1.91. The van der Waals surface area contributed by atoms with E-state index in [1.807, 2.05) is 13.0 Å². The predicted octanol–water partition coefficient (Wildman–Crippen LogP) is 4.10. The molecule has 0 radical (unpaired) electrons. The zero-order valence-electron chi connectivity index (χ0n) is 10.3. The average molecular weight is 344 g/mol. The van der Waals surface area contributed by atoms with Crippen molar-refractivity contribution < 1.29 is 4.39 Å². The first-order chi connectivity index (χ1) is 9.02. The number of halogens is 3. The van der Waals surface area contributed by atoms with Crippen LogP contribution in [-0.2, 0) is 0 Å². The summed E-state index contributed by atoms with van der Waals surface area (Å²) in [7, 11) is 0. The van der Waals surface area contributed by atoms with Crippen LogP contribution >= 0.6 is 27.5 Å². The molecule has 0 aliphatic carbocycles. The Hall–Kier alpha value is -0.940. The molecule has 1 atom stereocenters. The van der Waals surface area contributed by atoms with Crippen LogP contribution in [-0.4, -0.2) is 0 Å². The van der Waals surface area contributed by atoms with E-state index >= 15 is 0 Å². The summed E-state index contributed by atoms with van der Waals surface area (Å²) in [6.07, 6.45) is 0. The molecule has 0 aromatic heterocycles. The molecule has 0 aliphatic heterocycles. The van der Waals surface area contributed by atoms with Crippen molar-refractivity contribution in [2.75, 3.05) is 0 Å². The van der Waals surface area contributed by atoms with Gasteiger partial charge in [-0.1, -0.05) is 33.6 Å². The third-order valence-electron chi connectivity index (χ3n) is 2.99. The van der Waals surface area contributed by atoms with Crippen LogP contribution < -0.4 is 11.3 Å². The van der Waals surface area contributed by atoms with Crippen LogP contribution in [0.2, 0.25) is 5.02 Å². The summed E-state index contributed by atoms with van der Waals surface area (Å²) in [5.74, 6) is 5.35. The second-order valence-electron chi connectivity index (χ2n) is 4.27. The van der Waals surface area contributed by atoms with Crippen LogP contribution in [0.5, 0.6) is 0 Å². The van der Waals surface area contributed by atoms with Crippen molar-refractivity contribution in [2.45, 2.75) is 13.0 Å². The minimum absolute atomic E-state index is 0.293. The Morgan fingerprint density at radius 2 is 1.95 bits per heavy atom. The van der Waals surface area contributed by atoms with E-state index in [9.17, 15) is 4.39 Å². The van der Waals surface area contributed by atoms with Gasteiger partial charge >= 0.3 is 0 Å². The summed E-state index contributed by atoms with van der Waals surface area (Å²) >= 11 is 9.48. The van der Waals surface area contributed by atoms with E-state index < -0.39 is 0 Å². The van der Waals surface area contributed by atoms with Gasteiger partial charge in [-0.15, -0.1) is 0 Å². The molecule has 5 heteroatoms. The highest BCUT2D eigenvalue weighted by Crippen LogP contribution is 2.32. The number of nitrogens with one attached hydrogen (secondary N) is 1. The number of benzene rings is 2. The van der Waals surface area contributed by atoms with Crippen molar-refractivity contribution in [3.63, 3.8) is 0 Å². The summed E-state index contributed by atoms with van der Waals surface area (Å²) in [4.78, 5) is 0. The van der Waals surface area contributed by atoms with E-state index in [4.69, 9.17) is 17.4 Å². The highest BCUT2D eigenvalue weighted by Gasteiger charge is 2.18. The smallest absolute Gasteiger partial charge is 0.123 e. The maximum Gasteiger partial charge on any atom is 0.123 e. The Morgan fingerprint density at radius 3 is 2.63 bits per heavy atom. The van der Waals surface area contributed by atoms with E-state index in [0.717, 1.165) is 21.2 Å². The van der Waals surface area contributed by atoms with E-state index in [2.05, 4.69) is 21.4 Å². The predicted molar refractivity (Wildman–Crippen MR) is 79.5 cm³/mol. The molecule has 1 unspecified atom stereocenters. The summed E-state index contributed by atoms with van der Waals surface area (Å²) < 4.78 is 14.3. The van der Waals surface area contributed by atoms with Crippen LogP contribution in [0.25, 0.3) is 0 Å². The maximum absolute atomic E-state index is 13.4. The SMILES string of the molecule is Cc1ccc(F)cc1C(NN)c1cc(Cl)ccc1Br. The first-order valence-corrected chi connectivity index (χ1v) is 6.87. The van der Waals surface area contributed by atoms with E-state index in [1.54, 1.807) is 18.2 Å². The summed E-state index contributed by atoms with van der Waals surface area (Å²) in [6, 6.07) is 9.74. The Kier molecular flexibility index (Phi) is 4.58. The molecule has 19 heavy (non-hydrogen) atoms. The molecule has 0 amide bonds. The quantitative estimate of drug-likeness (QED) is 0.650.